The molecule has 0 atom stereocenters. The molecule has 1 aromatic rings. The zero-order valence-corrected chi connectivity index (χ0v) is 13.1. The van der Waals surface area contributed by atoms with E-state index in [9.17, 15) is 4.79 Å². The molecule has 1 aromatic heterocycles. The first-order valence-electron chi connectivity index (χ1n) is 8.12. The second kappa shape index (κ2) is 5.27. The van der Waals surface area contributed by atoms with E-state index < -0.39 is 0 Å². The highest BCUT2D eigenvalue weighted by Crippen LogP contribution is 2.57. The minimum absolute atomic E-state index is 0.262. The van der Waals surface area contributed by atoms with Crippen LogP contribution in [0.3, 0.4) is 0 Å². The molecule has 0 aromatic carbocycles. The standard InChI is InChI=1S/C16H22N2O2S/c19-14(13-10-21-15(18-13)17-12-1-2-12)20-9-11-3-5-16(6-4-11)7-8-16/h10-12H,1-9H2,(H,17,18). The largest absolute Gasteiger partial charge is 0.461 e. The topological polar surface area (TPSA) is 51.2 Å². The Hall–Kier alpha value is -1.10. The molecule has 0 bridgehead atoms. The smallest absolute Gasteiger partial charge is 0.357 e. The summed E-state index contributed by atoms with van der Waals surface area (Å²) in [5, 5.41) is 5.96. The summed E-state index contributed by atoms with van der Waals surface area (Å²) >= 11 is 1.49. The van der Waals surface area contributed by atoms with Gasteiger partial charge in [0, 0.05) is 11.4 Å². The van der Waals surface area contributed by atoms with Crippen molar-refractivity contribution in [1.82, 2.24) is 4.98 Å². The normalized spacial score (nSPS) is 24.0. The van der Waals surface area contributed by atoms with Crippen molar-refractivity contribution in [2.24, 2.45) is 11.3 Å². The van der Waals surface area contributed by atoms with Gasteiger partial charge in [0.25, 0.3) is 0 Å². The first-order chi connectivity index (χ1) is 10.2. The zero-order chi connectivity index (χ0) is 14.3. The summed E-state index contributed by atoms with van der Waals surface area (Å²) in [4.78, 5) is 16.4. The van der Waals surface area contributed by atoms with E-state index in [0.29, 0.717) is 29.7 Å². The molecule has 1 heterocycles. The molecule has 1 spiro atoms. The molecule has 4 nitrogen and oxygen atoms in total. The van der Waals surface area contributed by atoms with Crippen molar-refractivity contribution in [3.05, 3.63) is 11.1 Å². The highest BCUT2D eigenvalue weighted by molar-refractivity contribution is 7.13. The number of carbonyl (C=O) groups excluding carboxylic acids is 1. The molecule has 3 saturated carbocycles. The summed E-state index contributed by atoms with van der Waals surface area (Å²) in [6, 6.07) is 0.567. The molecule has 3 aliphatic rings. The number of esters is 1. The Bertz CT molecular complexity index is 524. The summed E-state index contributed by atoms with van der Waals surface area (Å²) in [6.45, 7) is 0.567. The molecule has 0 unspecified atom stereocenters. The van der Waals surface area contributed by atoms with Crippen LogP contribution in [0, 0.1) is 11.3 Å². The van der Waals surface area contributed by atoms with Crippen LogP contribution in [0.4, 0.5) is 5.13 Å². The molecule has 114 valence electrons. The number of nitrogens with one attached hydrogen (secondary N) is 1. The Morgan fingerprint density at radius 3 is 2.71 bits per heavy atom. The van der Waals surface area contributed by atoms with Crippen molar-refractivity contribution in [3.8, 4) is 0 Å². The summed E-state index contributed by atoms with van der Waals surface area (Å²) in [5.74, 6) is 0.296. The van der Waals surface area contributed by atoms with Gasteiger partial charge in [0.2, 0.25) is 0 Å². The van der Waals surface area contributed by atoms with E-state index in [2.05, 4.69) is 10.3 Å². The fourth-order valence-electron chi connectivity index (χ4n) is 3.24. The lowest BCUT2D eigenvalue weighted by molar-refractivity contribution is 0.0384. The maximum absolute atomic E-state index is 12.0. The number of ether oxygens (including phenoxy) is 1. The predicted molar refractivity (Wildman–Crippen MR) is 82.7 cm³/mol. The van der Waals surface area contributed by atoms with E-state index >= 15 is 0 Å². The summed E-state index contributed by atoms with van der Waals surface area (Å²) in [6.07, 6.45) is 10.4. The molecule has 4 rings (SSSR count). The van der Waals surface area contributed by atoms with Gasteiger partial charge in [0.1, 0.15) is 0 Å². The highest BCUT2D eigenvalue weighted by atomic mass is 32.1. The fraction of sp³-hybridized carbons (Fsp3) is 0.750. The molecule has 0 saturated heterocycles. The van der Waals surface area contributed by atoms with Gasteiger partial charge in [-0.3, -0.25) is 0 Å². The van der Waals surface area contributed by atoms with Gasteiger partial charge in [-0.05, 0) is 62.7 Å². The number of thiazole rings is 1. The number of hydrogen-bond donors (Lipinski definition) is 1. The maximum atomic E-state index is 12.0. The average Bonchev–Trinajstić information content (AvgIpc) is 3.40. The molecule has 0 radical (unpaired) electrons. The van der Waals surface area contributed by atoms with Crippen molar-refractivity contribution in [1.29, 1.82) is 0 Å². The monoisotopic (exact) mass is 306 g/mol. The third kappa shape index (κ3) is 3.23. The zero-order valence-electron chi connectivity index (χ0n) is 12.3. The number of aromatic nitrogens is 1. The second-order valence-electron chi connectivity index (χ2n) is 7.00. The van der Waals surface area contributed by atoms with Crippen LogP contribution in [0.1, 0.15) is 61.9 Å². The third-order valence-electron chi connectivity index (χ3n) is 5.19. The molecule has 0 aliphatic heterocycles. The Morgan fingerprint density at radius 1 is 1.29 bits per heavy atom. The van der Waals surface area contributed by atoms with E-state index in [-0.39, 0.29) is 5.97 Å². The van der Waals surface area contributed by atoms with Crippen LogP contribution in [-0.2, 0) is 4.74 Å². The Morgan fingerprint density at radius 2 is 2.05 bits per heavy atom. The molecular formula is C16H22N2O2S. The van der Waals surface area contributed by atoms with Gasteiger partial charge in [-0.1, -0.05) is 0 Å². The van der Waals surface area contributed by atoms with Crippen LogP contribution in [-0.4, -0.2) is 23.6 Å². The van der Waals surface area contributed by atoms with E-state index in [1.54, 1.807) is 5.38 Å². The van der Waals surface area contributed by atoms with Crippen molar-refractivity contribution in [2.75, 3.05) is 11.9 Å². The molecule has 21 heavy (non-hydrogen) atoms. The number of rotatable bonds is 5. The third-order valence-corrected chi connectivity index (χ3v) is 5.96. The van der Waals surface area contributed by atoms with E-state index in [1.165, 1.54) is 62.7 Å². The van der Waals surface area contributed by atoms with Gasteiger partial charge < -0.3 is 10.1 Å². The van der Waals surface area contributed by atoms with Crippen molar-refractivity contribution < 1.29 is 9.53 Å². The maximum Gasteiger partial charge on any atom is 0.357 e. The first-order valence-corrected chi connectivity index (χ1v) is 9.00. The van der Waals surface area contributed by atoms with E-state index in [1.807, 2.05) is 0 Å². The number of hydrogen-bond acceptors (Lipinski definition) is 5. The summed E-state index contributed by atoms with van der Waals surface area (Å²) < 4.78 is 5.47. The Kier molecular flexibility index (Phi) is 3.40. The van der Waals surface area contributed by atoms with Crippen LogP contribution in [0.15, 0.2) is 5.38 Å². The minimum atomic E-state index is -0.262. The van der Waals surface area contributed by atoms with Crippen molar-refractivity contribution in [2.45, 2.75) is 57.4 Å². The number of carbonyl (C=O) groups is 1. The van der Waals surface area contributed by atoms with Gasteiger partial charge in [0.15, 0.2) is 10.8 Å². The predicted octanol–water partition coefficient (Wildman–Crippen LogP) is 3.84. The first kappa shape index (κ1) is 13.6. The van der Waals surface area contributed by atoms with Crippen LogP contribution < -0.4 is 5.32 Å². The average molecular weight is 306 g/mol. The van der Waals surface area contributed by atoms with Crippen LogP contribution >= 0.6 is 11.3 Å². The molecule has 3 aliphatic carbocycles. The number of nitrogens with zero attached hydrogens (tertiary/aromatic N) is 1. The molecular weight excluding hydrogens is 284 g/mol. The lowest BCUT2D eigenvalue weighted by atomic mass is 9.80. The van der Waals surface area contributed by atoms with Gasteiger partial charge >= 0.3 is 5.97 Å². The van der Waals surface area contributed by atoms with Gasteiger partial charge in [-0.25, -0.2) is 9.78 Å². The molecule has 5 heteroatoms. The highest BCUT2D eigenvalue weighted by Gasteiger charge is 2.44. The van der Waals surface area contributed by atoms with Crippen LogP contribution in [0.2, 0.25) is 0 Å². The van der Waals surface area contributed by atoms with Gasteiger partial charge in [-0.2, -0.15) is 0 Å². The van der Waals surface area contributed by atoms with Gasteiger partial charge in [-0.15, -0.1) is 11.3 Å². The Labute approximate surface area is 129 Å². The second-order valence-corrected chi connectivity index (χ2v) is 7.86. The van der Waals surface area contributed by atoms with Crippen molar-refractivity contribution >= 4 is 22.4 Å². The van der Waals surface area contributed by atoms with Crippen molar-refractivity contribution in [3.63, 3.8) is 0 Å². The molecule has 0 amide bonds. The fourth-order valence-corrected chi connectivity index (χ4v) is 3.99. The SMILES string of the molecule is O=C(OCC1CCC2(CC1)CC2)c1csc(NC2CC2)n1. The quantitative estimate of drug-likeness (QED) is 0.840. The molecule has 3 fully saturated rings. The minimum Gasteiger partial charge on any atom is -0.461 e. The lowest BCUT2D eigenvalue weighted by Crippen LogP contribution is -2.21. The number of anilines is 1. The van der Waals surface area contributed by atoms with Crippen LogP contribution in [0.5, 0.6) is 0 Å². The Balaban J connectivity index is 1.24. The summed E-state index contributed by atoms with van der Waals surface area (Å²) in [5.41, 5.74) is 1.16. The molecule has 1 N–H and O–H groups in total. The van der Waals surface area contributed by atoms with Gasteiger partial charge in [0.05, 0.1) is 6.61 Å². The van der Waals surface area contributed by atoms with E-state index in [4.69, 9.17) is 4.74 Å². The van der Waals surface area contributed by atoms with Crippen LogP contribution in [0.25, 0.3) is 0 Å². The lowest BCUT2D eigenvalue weighted by Gasteiger charge is -2.27. The van der Waals surface area contributed by atoms with E-state index in [0.717, 1.165) is 5.13 Å². The summed E-state index contributed by atoms with van der Waals surface area (Å²) in [7, 11) is 0.